The SMILES string of the molecule is CCCC1CCN(C(=O)c2cc(S)cs2)C1. The summed E-state index contributed by atoms with van der Waals surface area (Å²) in [6.45, 7) is 4.06. The largest absolute Gasteiger partial charge is 0.338 e. The molecule has 0 N–H and O–H groups in total. The van der Waals surface area contributed by atoms with Crippen molar-refractivity contribution in [1.82, 2.24) is 4.90 Å². The summed E-state index contributed by atoms with van der Waals surface area (Å²) in [6, 6.07) is 1.86. The number of amides is 1. The Morgan fingerprint density at radius 1 is 1.69 bits per heavy atom. The van der Waals surface area contributed by atoms with Gasteiger partial charge in [-0.05, 0) is 24.8 Å². The molecule has 0 aromatic carbocycles. The monoisotopic (exact) mass is 255 g/mol. The van der Waals surface area contributed by atoms with Crippen LogP contribution in [0.1, 0.15) is 35.9 Å². The molecular weight excluding hydrogens is 238 g/mol. The third-order valence-electron chi connectivity index (χ3n) is 3.07. The van der Waals surface area contributed by atoms with Crippen molar-refractivity contribution >= 4 is 29.9 Å². The molecule has 0 saturated carbocycles. The van der Waals surface area contributed by atoms with Crippen LogP contribution in [-0.4, -0.2) is 23.9 Å². The van der Waals surface area contributed by atoms with E-state index in [1.807, 2.05) is 16.3 Å². The van der Waals surface area contributed by atoms with Gasteiger partial charge in [0.05, 0.1) is 4.88 Å². The molecule has 0 spiro atoms. The van der Waals surface area contributed by atoms with Crippen LogP contribution in [-0.2, 0) is 0 Å². The Balaban J connectivity index is 1.97. The van der Waals surface area contributed by atoms with Gasteiger partial charge in [-0.25, -0.2) is 0 Å². The second-order valence-corrected chi connectivity index (χ2v) is 5.79. The van der Waals surface area contributed by atoms with Gasteiger partial charge in [-0.3, -0.25) is 4.79 Å². The normalized spacial score (nSPS) is 20.4. The van der Waals surface area contributed by atoms with E-state index in [9.17, 15) is 4.79 Å². The van der Waals surface area contributed by atoms with E-state index in [0.717, 1.165) is 22.9 Å². The first-order valence-electron chi connectivity index (χ1n) is 5.77. The zero-order chi connectivity index (χ0) is 11.5. The molecule has 1 aliphatic heterocycles. The van der Waals surface area contributed by atoms with Gasteiger partial charge in [-0.15, -0.1) is 24.0 Å². The Morgan fingerprint density at radius 3 is 3.12 bits per heavy atom. The number of carbonyl (C=O) groups excluding carboxylic acids is 1. The Labute approximate surface area is 106 Å². The highest BCUT2D eigenvalue weighted by Crippen LogP contribution is 2.25. The summed E-state index contributed by atoms with van der Waals surface area (Å²) in [4.78, 5) is 15.8. The second kappa shape index (κ2) is 5.23. The van der Waals surface area contributed by atoms with Crippen LogP contribution in [0, 0.1) is 5.92 Å². The van der Waals surface area contributed by atoms with Gasteiger partial charge in [0.1, 0.15) is 0 Å². The molecule has 1 amide bonds. The highest BCUT2D eigenvalue weighted by molar-refractivity contribution is 7.80. The van der Waals surface area contributed by atoms with Crippen LogP contribution < -0.4 is 0 Å². The van der Waals surface area contributed by atoms with Crippen LogP contribution >= 0.6 is 24.0 Å². The molecule has 1 aliphatic rings. The first kappa shape index (κ1) is 12.0. The lowest BCUT2D eigenvalue weighted by Crippen LogP contribution is -2.27. The maximum Gasteiger partial charge on any atom is 0.263 e. The molecule has 2 nitrogen and oxygen atoms in total. The molecule has 0 aliphatic carbocycles. The van der Waals surface area contributed by atoms with E-state index in [1.165, 1.54) is 30.6 Å². The third kappa shape index (κ3) is 2.61. The van der Waals surface area contributed by atoms with Crippen LogP contribution in [0.3, 0.4) is 0 Å². The summed E-state index contributed by atoms with van der Waals surface area (Å²) >= 11 is 5.72. The van der Waals surface area contributed by atoms with Crippen molar-refractivity contribution in [3.63, 3.8) is 0 Å². The molecule has 1 aromatic heterocycles. The number of thiol groups is 1. The summed E-state index contributed by atoms with van der Waals surface area (Å²) < 4.78 is 0. The van der Waals surface area contributed by atoms with Gasteiger partial charge in [0, 0.05) is 23.4 Å². The van der Waals surface area contributed by atoms with E-state index in [2.05, 4.69) is 19.6 Å². The summed E-state index contributed by atoms with van der Waals surface area (Å²) in [5, 5.41) is 1.91. The molecule has 88 valence electrons. The lowest BCUT2D eigenvalue weighted by atomic mass is 10.0. The molecule has 1 unspecified atom stereocenters. The van der Waals surface area contributed by atoms with E-state index < -0.39 is 0 Å². The zero-order valence-electron chi connectivity index (χ0n) is 9.48. The van der Waals surface area contributed by atoms with Gasteiger partial charge >= 0.3 is 0 Å². The molecule has 2 rings (SSSR count). The number of hydrogen-bond donors (Lipinski definition) is 1. The van der Waals surface area contributed by atoms with Gasteiger partial charge in [-0.1, -0.05) is 13.3 Å². The van der Waals surface area contributed by atoms with Gasteiger partial charge in [0.2, 0.25) is 0 Å². The fourth-order valence-corrected chi connectivity index (χ4v) is 3.37. The van der Waals surface area contributed by atoms with E-state index >= 15 is 0 Å². The Hall–Kier alpha value is -0.480. The molecule has 4 heteroatoms. The van der Waals surface area contributed by atoms with Crippen molar-refractivity contribution in [3.05, 3.63) is 16.3 Å². The van der Waals surface area contributed by atoms with Crippen molar-refractivity contribution in [2.75, 3.05) is 13.1 Å². The van der Waals surface area contributed by atoms with Gasteiger partial charge in [-0.2, -0.15) is 0 Å². The van der Waals surface area contributed by atoms with Crippen LogP contribution in [0.5, 0.6) is 0 Å². The fraction of sp³-hybridized carbons (Fsp3) is 0.583. The minimum absolute atomic E-state index is 0.184. The van der Waals surface area contributed by atoms with Crippen molar-refractivity contribution in [2.24, 2.45) is 5.92 Å². The Bertz CT molecular complexity index is 375. The summed E-state index contributed by atoms with van der Waals surface area (Å²) in [6.07, 6.45) is 3.62. The first-order chi connectivity index (χ1) is 7.70. The molecule has 1 fully saturated rings. The lowest BCUT2D eigenvalue weighted by molar-refractivity contribution is 0.0791. The maximum absolute atomic E-state index is 12.1. The molecular formula is C12H17NOS2. The standard InChI is InChI=1S/C12H17NOS2/c1-2-3-9-4-5-13(7-9)12(14)11-6-10(15)8-16-11/h6,8-9,15H,2-5,7H2,1H3. The Kier molecular flexibility index (Phi) is 3.92. The number of nitrogens with zero attached hydrogens (tertiary/aromatic N) is 1. The summed E-state index contributed by atoms with van der Waals surface area (Å²) in [7, 11) is 0. The fourth-order valence-electron chi connectivity index (χ4n) is 2.26. The highest BCUT2D eigenvalue weighted by Gasteiger charge is 2.26. The van der Waals surface area contributed by atoms with Crippen molar-refractivity contribution in [2.45, 2.75) is 31.1 Å². The molecule has 0 radical (unpaired) electrons. The molecule has 1 atom stereocenters. The Morgan fingerprint density at radius 2 is 2.50 bits per heavy atom. The van der Waals surface area contributed by atoms with Crippen molar-refractivity contribution < 1.29 is 4.79 Å². The maximum atomic E-state index is 12.1. The average Bonchev–Trinajstić information content (AvgIpc) is 2.87. The second-order valence-electron chi connectivity index (χ2n) is 4.36. The van der Waals surface area contributed by atoms with Crippen LogP contribution in [0.15, 0.2) is 16.3 Å². The van der Waals surface area contributed by atoms with E-state index in [0.29, 0.717) is 5.92 Å². The molecule has 2 heterocycles. The van der Waals surface area contributed by atoms with Gasteiger partial charge in [0.15, 0.2) is 0 Å². The quantitative estimate of drug-likeness (QED) is 0.822. The topological polar surface area (TPSA) is 20.3 Å². The summed E-state index contributed by atoms with van der Waals surface area (Å²) in [5.74, 6) is 0.897. The van der Waals surface area contributed by atoms with Crippen LogP contribution in [0.2, 0.25) is 0 Å². The minimum atomic E-state index is 0.184. The highest BCUT2D eigenvalue weighted by atomic mass is 32.1. The van der Waals surface area contributed by atoms with Gasteiger partial charge in [0.25, 0.3) is 5.91 Å². The van der Waals surface area contributed by atoms with Crippen molar-refractivity contribution in [1.29, 1.82) is 0 Å². The first-order valence-corrected chi connectivity index (χ1v) is 7.10. The number of likely N-dealkylation sites (tertiary alicyclic amines) is 1. The predicted molar refractivity (Wildman–Crippen MR) is 70.5 cm³/mol. The minimum Gasteiger partial charge on any atom is -0.338 e. The number of thiophene rings is 1. The predicted octanol–water partition coefficient (Wildman–Crippen LogP) is 3.30. The molecule has 16 heavy (non-hydrogen) atoms. The van der Waals surface area contributed by atoms with Crippen molar-refractivity contribution in [3.8, 4) is 0 Å². The smallest absolute Gasteiger partial charge is 0.263 e. The molecule has 1 saturated heterocycles. The van der Waals surface area contributed by atoms with E-state index in [1.54, 1.807) is 0 Å². The number of rotatable bonds is 3. The number of hydrogen-bond acceptors (Lipinski definition) is 3. The molecule has 0 bridgehead atoms. The lowest BCUT2D eigenvalue weighted by Gasteiger charge is -2.15. The average molecular weight is 255 g/mol. The van der Waals surface area contributed by atoms with Crippen LogP contribution in [0.4, 0.5) is 0 Å². The number of carbonyl (C=O) groups is 1. The van der Waals surface area contributed by atoms with Crippen LogP contribution in [0.25, 0.3) is 0 Å². The summed E-state index contributed by atoms with van der Waals surface area (Å²) in [5.41, 5.74) is 0. The van der Waals surface area contributed by atoms with Gasteiger partial charge < -0.3 is 4.90 Å². The van der Waals surface area contributed by atoms with E-state index in [4.69, 9.17) is 0 Å². The van der Waals surface area contributed by atoms with E-state index in [-0.39, 0.29) is 5.91 Å². The third-order valence-corrected chi connectivity index (χ3v) is 4.42. The molecule has 1 aromatic rings. The zero-order valence-corrected chi connectivity index (χ0v) is 11.2.